The SMILES string of the molecule is O=C(NC1CC1)C1CCCN(C2CCN(CC3CCCC3)CC2)C1. The summed E-state index contributed by atoms with van der Waals surface area (Å²) in [4.78, 5) is 17.7. The van der Waals surface area contributed by atoms with Crippen molar-refractivity contribution in [3.05, 3.63) is 0 Å². The Morgan fingerprint density at radius 3 is 2.33 bits per heavy atom. The molecule has 0 aromatic rings. The Balaban J connectivity index is 1.21. The third-order valence-electron chi connectivity index (χ3n) is 6.81. The van der Waals surface area contributed by atoms with Crippen molar-refractivity contribution < 1.29 is 4.79 Å². The summed E-state index contributed by atoms with van der Waals surface area (Å²) >= 11 is 0. The lowest BCUT2D eigenvalue weighted by atomic mass is 9.93. The fourth-order valence-electron chi connectivity index (χ4n) is 5.12. The third kappa shape index (κ3) is 4.32. The summed E-state index contributed by atoms with van der Waals surface area (Å²) in [6.45, 7) is 6.11. The summed E-state index contributed by atoms with van der Waals surface area (Å²) in [5, 5.41) is 3.22. The first kappa shape index (κ1) is 16.8. The number of hydrogen-bond acceptors (Lipinski definition) is 3. The average Bonchev–Trinajstić information content (AvgIpc) is 3.28. The first-order valence-corrected chi connectivity index (χ1v) is 10.5. The summed E-state index contributed by atoms with van der Waals surface area (Å²) in [6.07, 6.45) is 13.1. The number of likely N-dealkylation sites (tertiary alicyclic amines) is 2. The summed E-state index contributed by atoms with van der Waals surface area (Å²) in [5.41, 5.74) is 0. The number of nitrogens with one attached hydrogen (secondary N) is 1. The average molecular weight is 334 g/mol. The van der Waals surface area contributed by atoms with Crippen LogP contribution >= 0.6 is 0 Å². The van der Waals surface area contributed by atoms with Crippen molar-refractivity contribution >= 4 is 5.91 Å². The van der Waals surface area contributed by atoms with E-state index in [0.29, 0.717) is 11.9 Å². The van der Waals surface area contributed by atoms with Crippen molar-refractivity contribution in [2.75, 3.05) is 32.7 Å². The van der Waals surface area contributed by atoms with Crippen LogP contribution in [0.25, 0.3) is 0 Å². The number of nitrogens with zero attached hydrogens (tertiary/aromatic N) is 2. The molecule has 1 unspecified atom stereocenters. The van der Waals surface area contributed by atoms with Crippen molar-refractivity contribution in [1.82, 2.24) is 15.1 Å². The van der Waals surface area contributed by atoms with Crippen LogP contribution in [0.5, 0.6) is 0 Å². The molecule has 2 aliphatic heterocycles. The van der Waals surface area contributed by atoms with Gasteiger partial charge in [0, 0.05) is 25.2 Å². The van der Waals surface area contributed by atoms with Crippen LogP contribution in [-0.4, -0.2) is 60.5 Å². The highest BCUT2D eigenvalue weighted by Gasteiger charge is 2.34. The van der Waals surface area contributed by atoms with Gasteiger partial charge in [0.1, 0.15) is 0 Å². The Kier molecular flexibility index (Phi) is 5.43. The van der Waals surface area contributed by atoms with Crippen LogP contribution in [0.1, 0.15) is 64.2 Å². The largest absolute Gasteiger partial charge is 0.353 e. The highest BCUT2D eigenvalue weighted by atomic mass is 16.2. The Morgan fingerprint density at radius 2 is 1.62 bits per heavy atom. The van der Waals surface area contributed by atoms with E-state index in [2.05, 4.69) is 15.1 Å². The third-order valence-corrected chi connectivity index (χ3v) is 6.81. The summed E-state index contributed by atoms with van der Waals surface area (Å²) in [6, 6.07) is 1.23. The minimum absolute atomic E-state index is 0.246. The first-order chi connectivity index (χ1) is 11.8. The minimum Gasteiger partial charge on any atom is -0.353 e. The van der Waals surface area contributed by atoms with Gasteiger partial charge in [-0.1, -0.05) is 12.8 Å². The van der Waals surface area contributed by atoms with Crippen LogP contribution < -0.4 is 5.32 Å². The Hall–Kier alpha value is -0.610. The Morgan fingerprint density at radius 1 is 0.875 bits per heavy atom. The fourth-order valence-corrected chi connectivity index (χ4v) is 5.12. The van der Waals surface area contributed by atoms with Crippen molar-refractivity contribution in [3.63, 3.8) is 0 Å². The molecule has 136 valence electrons. The van der Waals surface area contributed by atoms with Gasteiger partial charge >= 0.3 is 0 Å². The lowest BCUT2D eigenvalue weighted by Gasteiger charge is -2.42. The van der Waals surface area contributed by atoms with Crippen molar-refractivity contribution in [3.8, 4) is 0 Å². The number of piperidine rings is 2. The van der Waals surface area contributed by atoms with E-state index in [1.807, 2.05) is 0 Å². The number of hydrogen-bond donors (Lipinski definition) is 1. The monoisotopic (exact) mass is 333 g/mol. The highest BCUT2D eigenvalue weighted by Crippen LogP contribution is 2.29. The molecule has 2 saturated heterocycles. The van der Waals surface area contributed by atoms with Gasteiger partial charge in [0.15, 0.2) is 0 Å². The molecule has 4 rings (SSSR count). The molecule has 2 aliphatic carbocycles. The molecule has 1 amide bonds. The van der Waals surface area contributed by atoms with E-state index in [1.54, 1.807) is 0 Å². The fraction of sp³-hybridized carbons (Fsp3) is 0.950. The molecule has 4 aliphatic rings. The van der Waals surface area contributed by atoms with Crippen LogP contribution in [0.15, 0.2) is 0 Å². The molecule has 2 saturated carbocycles. The molecule has 24 heavy (non-hydrogen) atoms. The maximum absolute atomic E-state index is 12.4. The van der Waals surface area contributed by atoms with E-state index in [1.165, 1.54) is 84.0 Å². The molecule has 0 spiro atoms. The summed E-state index contributed by atoms with van der Waals surface area (Å²) < 4.78 is 0. The predicted octanol–water partition coefficient (Wildman–Crippen LogP) is 2.63. The van der Waals surface area contributed by atoms with E-state index in [0.717, 1.165) is 24.9 Å². The lowest BCUT2D eigenvalue weighted by Crippen LogP contribution is -2.51. The van der Waals surface area contributed by atoms with Gasteiger partial charge in [-0.15, -0.1) is 0 Å². The summed E-state index contributed by atoms with van der Waals surface area (Å²) in [5.74, 6) is 1.56. The molecule has 4 nitrogen and oxygen atoms in total. The van der Waals surface area contributed by atoms with Gasteiger partial charge in [0.05, 0.1) is 5.92 Å². The van der Waals surface area contributed by atoms with Crippen LogP contribution in [-0.2, 0) is 4.79 Å². The zero-order chi connectivity index (χ0) is 16.4. The maximum Gasteiger partial charge on any atom is 0.224 e. The van der Waals surface area contributed by atoms with Crippen LogP contribution in [0.2, 0.25) is 0 Å². The van der Waals surface area contributed by atoms with Crippen molar-refractivity contribution in [2.24, 2.45) is 11.8 Å². The van der Waals surface area contributed by atoms with E-state index in [4.69, 9.17) is 0 Å². The zero-order valence-electron chi connectivity index (χ0n) is 15.2. The van der Waals surface area contributed by atoms with Crippen LogP contribution in [0.3, 0.4) is 0 Å². The first-order valence-electron chi connectivity index (χ1n) is 10.5. The smallest absolute Gasteiger partial charge is 0.224 e. The van der Waals surface area contributed by atoms with Crippen LogP contribution in [0, 0.1) is 11.8 Å². The van der Waals surface area contributed by atoms with E-state index in [9.17, 15) is 4.79 Å². The molecule has 0 aromatic heterocycles. The van der Waals surface area contributed by atoms with Gasteiger partial charge < -0.3 is 10.2 Å². The number of carbonyl (C=O) groups is 1. The van der Waals surface area contributed by atoms with Crippen LogP contribution in [0.4, 0.5) is 0 Å². The topological polar surface area (TPSA) is 35.6 Å². The molecule has 0 aromatic carbocycles. The highest BCUT2D eigenvalue weighted by molar-refractivity contribution is 5.79. The molecule has 0 radical (unpaired) electrons. The Labute approximate surface area is 147 Å². The molecule has 1 N–H and O–H groups in total. The molecular formula is C20H35N3O. The number of rotatable bonds is 5. The number of carbonyl (C=O) groups excluding carboxylic acids is 1. The van der Waals surface area contributed by atoms with Gasteiger partial charge in [-0.2, -0.15) is 0 Å². The second kappa shape index (κ2) is 7.74. The number of amides is 1. The van der Waals surface area contributed by atoms with Crippen molar-refractivity contribution in [2.45, 2.75) is 76.3 Å². The second-order valence-electron chi connectivity index (χ2n) is 8.80. The molecule has 2 heterocycles. The molecule has 0 bridgehead atoms. The van der Waals surface area contributed by atoms with Gasteiger partial charge in [-0.25, -0.2) is 0 Å². The second-order valence-corrected chi connectivity index (χ2v) is 8.80. The maximum atomic E-state index is 12.4. The standard InChI is InChI=1S/C20H35N3O/c24-20(21-18-7-8-18)17-6-3-11-23(15-17)19-9-12-22(13-10-19)14-16-4-1-2-5-16/h16-19H,1-15H2,(H,21,24). The quantitative estimate of drug-likeness (QED) is 0.840. The molecular weight excluding hydrogens is 298 g/mol. The zero-order valence-corrected chi connectivity index (χ0v) is 15.2. The van der Waals surface area contributed by atoms with Gasteiger partial charge in [0.25, 0.3) is 0 Å². The minimum atomic E-state index is 0.246. The van der Waals surface area contributed by atoms with E-state index >= 15 is 0 Å². The van der Waals surface area contributed by atoms with E-state index in [-0.39, 0.29) is 5.92 Å². The van der Waals surface area contributed by atoms with Gasteiger partial charge in [0.2, 0.25) is 5.91 Å². The summed E-state index contributed by atoms with van der Waals surface area (Å²) in [7, 11) is 0. The molecule has 4 fully saturated rings. The normalized spacial score (nSPS) is 31.4. The van der Waals surface area contributed by atoms with Gasteiger partial charge in [-0.3, -0.25) is 9.69 Å². The predicted molar refractivity (Wildman–Crippen MR) is 96.9 cm³/mol. The Bertz CT molecular complexity index is 423. The van der Waals surface area contributed by atoms with Crippen molar-refractivity contribution in [1.29, 1.82) is 0 Å². The molecule has 4 heteroatoms. The lowest BCUT2D eigenvalue weighted by molar-refractivity contribution is -0.127. The van der Waals surface area contributed by atoms with Gasteiger partial charge in [-0.05, 0) is 76.9 Å². The van der Waals surface area contributed by atoms with E-state index < -0.39 is 0 Å². The molecule has 1 atom stereocenters.